The first kappa shape index (κ1) is 7.65. The molecule has 58 valence electrons. The molecular formula is C7H8N2O2. The van der Waals surface area contributed by atoms with Gasteiger partial charge in [0.1, 0.15) is 5.84 Å². The van der Waals surface area contributed by atoms with Crippen molar-refractivity contribution in [3.8, 4) is 0 Å². The van der Waals surface area contributed by atoms with Crippen LogP contribution in [0.4, 0.5) is 0 Å². The van der Waals surface area contributed by atoms with Crippen molar-refractivity contribution in [2.45, 2.75) is 13.3 Å². The summed E-state index contributed by atoms with van der Waals surface area (Å²) in [6, 6.07) is 0. The van der Waals surface area contributed by atoms with Crippen LogP contribution in [0.1, 0.15) is 13.3 Å². The lowest BCUT2D eigenvalue weighted by molar-refractivity contribution is -0.117. The van der Waals surface area contributed by atoms with Crippen LogP contribution in [0, 0.1) is 0 Å². The third-order valence-electron chi connectivity index (χ3n) is 1.15. The molecule has 0 spiro atoms. The summed E-state index contributed by atoms with van der Waals surface area (Å²) in [6.07, 6.45) is 2.96. The molecule has 0 unspecified atom stereocenters. The van der Waals surface area contributed by atoms with Crippen LogP contribution in [-0.2, 0) is 9.59 Å². The average molecular weight is 152 g/mol. The maximum atomic E-state index is 10.7. The Morgan fingerprint density at radius 2 is 2.45 bits per heavy atom. The van der Waals surface area contributed by atoms with Crippen LogP contribution in [0.2, 0.25) is 0 Å². The first-order valence-electron chi connectivity index (χ1n) is 3.22. The van der Waals surface area contributed by atoms with Gasteiger partial charge in [-0.05, 0) is 6.08 Å². The SMILES string of the molecule is CC(=O)NC1=NC=CC(=O)C1. The van der Waals surface area contributed by atoms with Crippen LogP contribution in [0.25, 0.3) is 0 Å². The quantitative estimate of drug-likeness (QED) is 0.531. The number of hydrogen-bond donors (Lipinski definition) is 1. The number of carbonyl (C=O) groups is 2. The zero-order chi connectivity index (χ0) is 8.27. The molecule has 0 saturated carbocycles. The monoisotopic (exact) mass is 152 g/mol. The highest BCUT2D eigenvalue weighted by atomic mass is 16.1. The second-order valence-corrected chi connectivity index (χ2v) is 2.22. The molecular weight excluding hydrogens is 144 g/mol. The Hall–Kier alpha value is -1.45. The Bertz CT molecular complexity index is 253. The first-order chi connectivity index (χ1) is 5.18. The van der Waals surface area contributed by atoms with Gasteiger partial charge in [0.2, 0.25) is 5.91 Å². The fourth-order valence-electron chi connectivity index (χ4n) is 0.760. The lowest BCUT2D eigenvalue weighted by Crippen LogP contribution is -2.30. The van der Waals surface area contributed by atoms with Gasteiger partial charge in [0.05, 0.1) is 6.42 Å². The highest BCUT2D eigenvalue weighted by Gasteiger charge is 2.08. The van der Waals surface area contributed by atoms with E-state index in [0.29, 0.717) is 5.84 Å². The third kappa shape index (κ3) is 2.33. The number of aliphatic imine (C=N–C) groups is 1. The second kappa shape index (κ2) is 3.09. The fraction of sp³-hybridized carbons (Fsp3) is 0.286. The highest BCUT2D eigenvalue weighted by molar-refractivity contribution is 6.11. The van der Waals surface area contributed by atoms with Gasteiger partial charge >= 0.3 is 0 Å². The Morgan fingerprint density at radius 1 is 1.73 bits per heavy atom. The normalized spacial score (nSPS) is 16.1. The van der Waals surface area contributed by atoms with E-state index in [1.165, 1.54) is 19.2 Å². The molecule has 4 nitrogen and oxygen atoms in total. The maximum Gasteiger partial charge on any atom is 0.222 e. The molecule has 1 aliphatic rings. The molecule has 11 heavy (non-hydrogen) atoms. The van der Waals surface area contributed by atoms with Crippen molar-refractivity contribution >= 4 is 17.5 Å². The first-order valence-corrected chi connectivity index (χ1v) is 3.22. The van der Waals surface area contributed by atoms with Gasteiger partial charge in [-0.2, -0.15) is 0 Å². The summed E-state index contributed by atoms with van der Waals surface area (Å²) in [5, 5.41) is 2.45. The van der Waals surface area contributed by atoms with Gasteiger partial charge in [-0.1, -0.05) is 0 Å². The highest BCUT2D eigenvalue weighted by Crippen LogP contribution is 1.96. The summed E-state index contributed by atoms with van der Waals surface area (Å²) in [5.74, 6) is 0.181. The lowest BCUT2D eigenvalue weighted by Gasteiger charge is -2.05. The Labute approximate surface area is 64.0 Å². The van der Waals surface area contributed by atoms with E-state index in [1.54, 1.807) is 0 Å². The number of nitrogens with zero attached hydrogens (tertiary/aromatic N) is 1. The van der Waals surface area contributed by atoms with Crippen molar-refractivity contribution < 1.29 is 9.59 Å². The maximum absolute atomic E-state index is 10.7. The van der Waals surface area contributed by atoms with E-state index in [2.05, 4.69) is 10.3 Å². The minimum absolute atomic E-state index is 0.0382. The minimum atomic E-state index is -0.202. The van der Waals surface area contributed by atoms with Crippen molar-refractivity contribution in [3.63, 3.8) is 0 Å². The van der Waals surface area contributed by atoms with Crippen molar-refractivity contribution in [1.29, 1.82) is 0 Å². The van der Waals surface area contributed by atoms with E-state index in [4.69, 9.17) is 0 Å². The Balaban J connectivity index is 2.59. The smallest absolute Gasteiger partial charge is 0.222 e. The number of allylic oxidation sites excluding steroid dienone is 1. The number of hydrogen-bond acceptors (Lipinski definition) is 3. The summed E-state index contributed by atoms with van der Waals surface area (Å²) >= 11 is 0. The third-order valence-corrected chi connectivity index (χ3v) is 1.15. The van der Waals surface area contributed by atoms with Crippen molar-refractivity contribution in [2.24, 2.45) is 4.99 Å². The van der Waals surface area contributed by atoms with E-state index in [0.717, 1.165) is 0 Å². The lowest BCUT2D eigenvalue weighted by atomic mass is 10.2. The molecule has 4 heteroatoms. The van der Waals surface area contributed by atoms with Gasteiger partial charge in [-0.15, -0.1) is 0 Å². The predicted octanol–water partition coefficient (Wildman–Crippen LogP) is 0.00750. The zero-order valence-corrected chi connectivity index (χ0v) is 6.13. The van der Waals surface area contributed by atoms with Crippen LogP contribution in [-0.4, -0.2) is 17.5 Å². The summed E-state index contributed by atoms with van der Waals surface area (Å²) in [4.78, 5) is 25.0. The van der Waals surface area contributed by atoms with Gasteiger partial charge in [0.25, 0.3) is 0 Å². The van der Waals surface area contributed by atoms with Crippen LogP contribution in [0.3, 0.4) is 0 Å². The van der Waals surface area contributed by atoms with Crippen LogP contribution in [0.15, 0.2) is 17.3 Å². The van der Waals surface area contributed by atoms with Gasteiger partial charge in [0, 0.05) is 13.1 Å². The number of nitrogens with one attached hydrogen (secondary N) is 1. The van der Waals surface area contributed by atoms with Crippen LogP contribution < -0.4 is 5.32 Å². The Kier molecular flexibility index (Phi) is 2.15. The summed E-state index contributed by atoms with van der Waals surface area (Å²) < 4.78 is 0. The standard InChI is InChI=1S/C7H8N2O2/c1-5(10)9-7-4-6(11)2-3-8-7/h2-3H,4H2,1H3,(H,8,9,10). The minimum Gasteiger partial charge on any atom is -0.314 e. The van der Waals surface area contributed by atoms with Crippen LogP contribution in [0.5, 0.6) is 0 Å². The average Bonchev–Trinajstić information content (AvgIpc) is 1.85. The molecule has 1 amide bonds. The number of rotatable bonds is 0. The second-order valence-electron chi connectivity index (χ2n) is 2.22. The Morgan fingerprint density at radius 3 is 3.00 bits per heavy atom. The van der Waals surface area contributed by atoms with Crippen molar-refractivity contribution in [1.82, 2.24) is 5.32 Å². The summed E-state index contributed by atoms with van der Waals surface area (Å²) in [5.41, 5.74) is 0. The number of amides is 1. The molecule has 1 N–H and O–H groups in total. The topological polar surface area (TPSA) is 58.5 Å². The van der Waals surface area contributed by atoms with E-state index >= 15 is 0 Å². The molecule has 0 fully saturated rings. The molecule has 0 aromatic heterocycles. The van der Waals surface area contributed by atoms with Crippen LogP contribution >= 0.6 is 0 Å². The van der Waals surface area contributed by atoms with Gasteiger partial charge in [-0.25, -0.2) is 4.99 Å². The van der Waals surface area contributed by atoms with Crippen molar-refractivity contribution in [2.75, 3.05) is 0 Å². The van der Waals surface area contributed by atoms with E-state index in [-0.39, 0.29) is 18.1 Å². The molecule has 1 heterocycles. The molecule has 1 aliphatic heterocycles. The van der Waals surface area contributed by atoms with E-state index < -0.39 is 0 Å². The van der Waals surface area contributed by atoms with Gasteiger partial charge in [0.15, 0.2) is 5.78 Å². The summed E-state index contributed by atoms with van der Waals surface area (Å²) in [6.45, 7) is 1.38. The molecule has 0 radical (unpaired) electrons. The zero-order valence-electron chi connectivity index (χ0n) is 6.13. The van der Waals surface area contributed by atoms with Crippen molar-refractivity contribution in [3.05, 3.63) is 12.3 Å². The summed E-state index contributed by atoms with van der Waals surface area (Å²) in [7, 11) is 0. The number of carbonyl (C=O) groups excluding carboxylic acids is 2. The predicted molar refractivity (Wildman–Crippen MR) is 40.0 cm³/mol. The fourth-order valence-corrected chi connectivity index (χ4v) is 0.760. The molecule has 0 aromatic carbocycles. The van der Waals surface area contributed by atoms with E-state index in [9.17, 15) is 9.59 Å². The molecule has 0 aliphatic carbocycles. The largest absolute Gasteiger partial charge is 0.314 e. The molecule has 0 aromatic rings. The number of amidine groups is 1. The van der Waals surface area contributed by atoms with Gasteiger partial charge in [-0.3, -0.25) is 9.59 Å². The number of ketones is 1. The molecule has 0 saturated heterocycles. The molecule has 0 bridgehead atoms. The molecule has 0 atom stereocenters. The van der Waals surface area contributed by atoms with E-state index in [1.807, 2.05) is 0 Å². The van der Waals surface area contributed by atoms with Gasteiger partial charge < -0.3 is 5.32 Å². The molecule has 1 rings (SSSR count).